The summed E-state index contributed by atoms with van der Waals surface area (Å²) in [6.07, 6.45) is 1.40. The number of carbonyl (C=O) groups is 5. The maximum absolute atomic E-state index is 14.1. The molecule has 3 aromatic heterocycles. The van der Waals surface area contributed by atoms with Crippen LogP contribution in [0.15, 0.2) is 71.3 Å². The van der Waals surface area contributed by atoms with Gasteiger partial charge in [0.25, 0.3) is 11.8 Å². The average Bonchev–Trinajstić information content (AvgIpc) is 3.80. The Hall–Kier alpha value is -5.80. The van der Waals surface area contributed by atoms with E-state index in [4.69, 9.17) is 43.5 Å². The summed E-state index contributed by atoms with van der Waals surface area (Å²) in [5.41, 5.74) is 1.32. The van der Waals surface area contributed by atoms with Gasteiger partial charge in [-0.2, -0.15) is 9.30 Å². The third-order valence-corrected chi connectivity index (χ3v) is 11.2. The summed E-state index contributed by atoms with van der Waals surface area (Å²) in [7, 11) is 8.07. The highest BCUT2D eigenvalue weighted by molar-refractivity contribution is 8.00. The first-order chi connectivity index (χ1) is 28.1. The number of pyridine rings is 1. The number of thiazole rings is 1. The largest absolute Gasteiger partial charge is 0.541 e. The van der Waals surface area contributed by atoms with Crippen LogP contribution in [0.25, 0.3) is 11.0 Å². The Morgan fingerprint density at radius 3 is 2.56 bits per heavy atom. The summed E-state index contributed by atoms with van der Waals surface area (Å²) in [6, 6.07) is 11.4. The monoisotopic (exact) mass is 866 g/mol. The predicted molar refractivity (Wildman–Crippen MR) is 215 cm³/mol. The minimum Gasteiger partial charge on any atom is -0.541 e. The van der Waals surface area contributed by atoms with E-state index in [1.54, 1.807) is 70.2 Å². The fourth-order valence-electron chi connectivity index (χ4n) is 5.94. The van der Waals surface area contributed by atoms with Gasteiger partial charge in [0.2, 0.25) is 11.6 Å². The van der Waals surface area contributed by atoms with Crippen LogP contribution in [-0.2, 0) is 51.3 Å². The summed E-state index contributed by atoms with van der Waals surface area (Å²) >= 11 is 8.59. The third-order valence-electron chi connectivity index (χ3n) is 8.69. The second kappa shape index (κ2) is 18.0. The first kappa shape index (κ1) is 42.8. The smallest absolute Gasteiger partial charge is 0.413 e. The van der Waals surface area contributed by atoms with Gasteiger partial charge >= 0.3 is 26.1 Å². The van der Waals surface area contributed by atoms with Crippen molar-refractivity contribution in [1.29, 1.82) is 0 Å². The summed E-state index contributed by atoms with van der Waals surface area (Å²) in [6.45, 7) is 6.42. The van der Waals surface area contributed by atoms with E-state index >= 15 is 0 Å². The normalized spacial score (nSPS) is 17.0. The number of benzene rings is 1. The van der Waals surface area contributed by atoms with Crippen LogP contribution in [0.4, 0.5) is 9.93 Å². The highest BCUT2D eigenvalue weighted by Gasteiger charge is 2.55. The molecule has 59 heavy (non-hydrogen) atoms. The number of β-lactam (4-membered cyclic amide) rings is 1. The van der Waals surface area contributed by atoms with Crippen LogP contribution in [0.1, 0.15) is 39.0 Å². The van der Waals surface area contributed by atoms with Crippen LogP contribution in [0, 0.1) is 0 Å². The molecule has 2 radical (unpaired) electrons. The van der Waals surface area contributed by atoms with Crippen molar-refractivity contribution in [2.75, 3.05) is 25.3 Å². The number of amides is 3. The highest BCUT2D eigenvalue weighted by Crippen LogP contribution is 2.41. The molecule has 0 saturated carbocycles. The van der Waals surface area contributed by atoms with Crippen LogP contribution >= 0.6 is 34.7 Å². The van der Waals surface area contributed by atoms with Gasteiger partial charge < -0.3 is 33.9 Å². The SMILES string of the molecule is [B]OC(=O)[C@H](C)ON=C(C(=O)NC1C(=O)N2C(C(=O)OCc3ccc(OC)cc3)=C(C[n+]3cccc4c3ccn4OC)CSC12)c1nc(NC(=O)OC(C)(C)C)sc1Cl. The number of oxime groups is 1. The molecular formula is C37H38BClN7O11S2+. The molecule has 5 heterocycles. The number of nitrogens with one attached hydrogen (secondary N) is 2. The quantitative estimate of drug-likeness (QED) is 0.0468. The summed E-state index contributed by atoms with van der Waals surface area (Å²) < 4.78 is 23.9. The van der Waals surface area contributed by atoms with Crippen LogP contribution in [0.5, 0.6) is 5.75 Å². The molecular weight excluding hydrogens is 829 g/mol. The van der Waals surface area contributed by atoms with Crippen molar-refractivity contribution in [2.45, 2.75) is 64.0 Å². The maximum atomic E-state index is 14.1. The molecule has 0 aliphatic carbocycles. The Bertz CT molecular complexity index is 2350. The van der Waals surface area contributed by atoms with Gasteiger partial charge in [-0.15, -0.1) is 11.8 Å². The molecule has 3 atom stereocenters. The zero-order valence-electron chi connectivity index (χ0n) is 32.5. The number of ether oxygens (including phenoxy) is 3. The van der Waals surface area contributed by atoms with Gasteiger partial charge in [-0.3, -0.25) is 19.8 Å². The molecule has 2 N–H and O–H groups in total. The molecule has 4 aromatic rings. The molecule has 0 bridgehead atoms. The zero-order chi connectivity index (χ0) is 42.6. The van der Waals surface area contributed by atoms with Gasteiger partial charge in [0, 0.05) is 23.5 Å². The van der Waals surface area contributed by atoms with E-state index in [2.05, 4.69) is 25.4 Å². The zero-order valence-corrected chi connectivity index (χ0v) is 34.9. The molecule has 308 valence electrons. The van der Waals surface area contributed by atoms with E-state index in [1.165, 1.54) is 23.6 Å². The lowest BCUT2D eigenvalue weighted by Gasteiger charge is -2.49. The molecule has 0 spiro atoms. The van der Waals surface area contributed by atoms with Crippen molar-refractivity contribution in [1.82, 2.24) is 19.9 Å². The Morgan fingerprint density at radius 2 is 1.88 bits per heavy atom. The van der Waals surface area contributed by atoms with Crippen molar-refractivity contribution >= 4 is 94.5 Å². The third kappa shape index (κ3) is 9.58. The highest BCUT2D eigenvalue weighted by atomic mass is 35.5. The lowest BCUT2D eigenvalue weighted by Crippen LogP contribution is -2.71. The molecule has 6 rings (SSSR count). The number of hydrogen-bond acceptors (Lipinski definition) is 15. The molecule has 2 aliphatic rings. The number of methoxy groups -OCH3 is 1. The molecule has 2 aliphatic heterocycles. The van der Waals surface area contributed by atoms with Crippen molar-refractivity contribution < 1.29 is 57.1 Å². The van der Waals surface area contributed by atoms with Crippen LogP contribution in [-0.4, -0.2) is 101 Å². The van der Waals surface area contributed by atoms with E-state index in [0.29, 0.717) is 16.9 Å². The van der Waals surface area contributed by atoms with Gasteiger partial charge in [0.05, 0.1) is 13.3 Å². The van der Waals surface area contributed by atoms with Crippen LogP contribution < -0.4 is 24.8 Å². The first-order valence-electron chi connectivity index (χ1n) is 17.7. The van der Waals surface area contributed by atoms with Gasteiger partial charge in [-0.05, 0) is 51.5 Å². The molecule has 1 saturated heterocycles. The van der Waals surface area contributed by atoms with E-state index in [9.17, 15) is 24.0 Å². The summed E-state index contributed by atoms with van der Waals surface area (Å²) in [4.78, 5) is 82.7. The molecule has 2 unspecified atom stereocenters. The number of hydrogen-bond donors (Lipinski definition) is 2. The minimum atomic E-state index is -1.37. The fraction of sp³-hybridized carbons (Fsp3) is 0.351. The predicted octanol–water partition coefficient (Wildman–Crippen LogP) is 3.29. The topological polar surface area (TPSA) is 202 Å². The summed E-state index contributed by atoms with van der Waals surface area (Å²) in [5, 5.41) is 8.13. The van der Waals surface area contributed by atoms with Crippen LogP contribution in [0.2, 0.25) is 4.34 Å². The van der Waals surface area contributed by atoms with Crippen molar-refractivity contribution in [2.24, 2.45) is 5.16 Å². The second-order valence-electron chi connectivity index (χ2n) is 13.9. The molecule has 18 nitrogen and oxygen atoms in total. The van der Waals surface area contributed by atoms with Crippen molar-refractivity contribution in [3.05, 3.63) is 81.7 Å². The van der Waals surface area contributed by atoms with E-state index < -0.39 is 58.7 Å². The Balaban J connectivity index is 1.28. The second-order valence-corrected chi connectivity index (χ2v) is 16.6. The lowest BCUT2D eigenvalue weighted by molar-refractivity contribution is -0.663. The molecule has 1 fully saturated rings. The lowest BCUT2D eigenvalue weighted by atomic mass is 10.0. The number of anilines is 1. The number of halogens is 1. The van der Waals surface area contributed by atoms with Crippen molar-refractivity contribution in [3.63, 3.8) is 0 Å². The Labute approximate surface area is 352 Å². The van der Waals surface area contributed by atoms with Gasteiger partial charge in [-0.25, -0.2) is 19.4 Å². The summed E-state index contributed by atoms with van der Waals surface area (Å²) in [5.74, 6) is -2.42. The number of rotatable bonds is 14. The number of carbonyl (C=O) groups excluding carboxylic acids is 5. The molecule has 22 heteroatoms. The van der Waals surface area contributed by atoms with Gasteiger partial charge in [0.15, 0.2) is 29.1 Å². The molecule has 3 amide bonds. The van der Waals surface area contributed by atoms with Gasteiger partial charge in [-0.1, -0.05) is 40.2 Å². The van der Waals surface area contributed by atoms with E-state index in [0.717, 1.165) is 22.4 Å². The molecule has 1 aromatic carbocycles. The Kier molecular flexibility index (Phi) is 13.1. The number of aromatic nitrogens is 3. The average molecular weight is 867 g/mol. The van der Waals surface area contributed by atoms with Crippen molar-refractivity contribution in [3.8, 4) is 5.75 Å². The number of nitrogens with zero attached hydrogens (tertiary/aromatic N) is 5. The van der Waals surface area contributed by atoms with E-state index in [-0.39, 0.29) is 39.8 Å². The number of esters is 1. The maximum Gasteiger partial charge on any atom is 0.413 e. The Morgan fingerprint density at radius 1 is 1.14 bits per heavy atom. The standard InChI is InChI=1S/C37H37BClN7O11S2/c1-19(33(49)56-38)57-43-26(25-29(39)59-35(41-25)42-36(51)55-37(2,3)4)30(47)40-27-31(48)46-28(34(50)54-17-20-9-11-22(52-5)12-10-20)21(18-58-32(27)46)16-44-14-7-8-24-23(44)13-15-45(24)53-6/h7-15,19,27,32H,16-18H2,1-6H3,(H-,40,41,42,47,51)/p+1/t19-,27?,32?/m0/s1. The fourth-order valence-corrected chi connectivity index (χ4v) is 8.30. The van der Waals surface area contributed by atoms with Crippen LogP contribution in [0.3, 0.4) is 0 Å². The minimum absolute atomic E-state index is 0.0418. The van der Waals surface area contributed by atoms with E-state index in [1.807, 2.05) is 29.0 Å². The number of thioether (sulfide) groups is 1. The van der Waals surface area contributed by atoms with Gasteiger partial charge in [0.1, 0.15) is 52.2 Å². The number of fused-ring (bicyclic) bond motifs is 2. The first-order valence-corrected chi connectivity index (χ1v) is 20.0.